The number of ether oxygens (including phenoxy) is 3. The van der Waals surface area contributed by atoms with Crippen LogP contribution in [0.15, 0.2) is 54.7 Å². The molecule has 0 radical (unpaired) electrons. The van der Waals surface area contributed by atoms with Gasteiger partial charge >= 0.3 is 0 Å². The van der Waals surface area contributed by atoms with Gasteiger partial charge in [0.25, 0.3) is 5.91 Å². The Labute approximate surface area is 235 Å². The van der Waals surface area contributed by atoms with E-state index in [1.165, 1.54) is 5.69 Å². The molecule has 0 aliphatic carbocycles. The Morgan fingerprint density at radius 2 is 1.85 bits per heavy atom. The molecule has 9 nitrogen and oxygen atoms in total. The number of amides is 1. The summed E-state index contributed by atoms with van der Waals surface area (Å²) in [6.45, 7) is 6.32. The Hall–Kier alpha value is -4.00. The fourth-order valence-corrected chi connectivity index (χ4v) is 5.08. The largest absolute Gasteiger partial charge is 0.489 e. The minimum atomic E-state index is -0.446. The molecule has 0 bridgehead atoms. The molecule has 2 aromatic carbocycles. The van der Waals surface area contributed by atoms with Gasteiger partial charge in [0.05, 0.1) is 24.5 Å². The molecule has 1 atom stereocenters. The maximum Gasteiger partial charge on any atom is 0.251 e. The highest BCUT2D eigenvalue weighted by Gasteiger charge is 2.27. The molecular formula is C31H35N5O4. The summed E-state index contributed by atoms with van der Waals surface area (Å²) in [5.41, 5.74) is 4.40. The first kappa shape index (κ1) is 27.6. The van der Waals surface area contributed by atoms with E-state index in [2.05, 4.69) is 40.2 Å². The van der Waals surface area contributed by atoms with Crippen LogP contribution in [0.3, 0.4) is 0 Å². The van der Waals surface area contributed by atoms with Gasteiger partial charge in [0.2, 0.25) is 0 Å². The molecule has 9 heteroatoms. The molecule has 2 aliphatic rings. The zero-order valence-electron chi connectivity index (χ0n) is 23.1. The predicted octanol–water partition coefficient (Wildman–Crippen LogP) is 3.85. The number of piperidine rings is 1. The molecule has 2 fully saturated rings. The number of hydrogen-bond acceptors (Lipinski definition) is 8. The van der Waals surface area contributed by atoms with Crippen molar-refractivity contribution in [2.24, 2.45) is 0 Å². The van der Waals surface area contributed by atoms with Gasteiger partial charge in [0.15, 0.2) is 0 Å². The number of benzene rings is 2. The van der Waals surface area contributed by atoms with Crippen LogP contribution in [0.2, 0.25) is 0 Å². The molecule has 1 aromatic heterocycles. The van der Waals surface area contributed by atoms with Gasteiger partial charge in [-0.3, -0.25) is 4.79 Å². The average Bonchev–Trinajstić information content (AvgIpc) is 3.02. The highest BCUT2D eigenvalue weighted by atomic mass is 16.5. The molecule has 0 spiro atoms. The van der Waals surface area contributed by atoms with Crippen LogP contribution in [0, 0.1) is 11.3 Å². The standard InChI is InChI=1S/C31H35N5O4/c1-22(38-2)31(37)36-13-10-27(11-14-36)40-29-8-5-24(20-25(29)21-32)28-9-12-33-30(34-28)19-23-3-6-26(7-4-23)35-15-17-39-18-16-35/h3-9,12,20,22,27H,10-11,13-19H2,1-2H3/t22-/m0/s1. The monoisotopic (exact) mass is 541 g/mol. The second kappa shape index (κ2) is 12.9. The maximum absolute atomic E-state index is 12.4. The number of methoxy groups -OCH3 is 1. The van der Waals surface area contributed by atoms with Crippen LogP contribution in [-0.2, 0) is 20.7 Å². The number of rotatable bonds is 8. The van der Waals surface area contributed by atoms with Crippen molar-refractivity contribution in [2.45, 2.75) is 38.4 Å². The van der Waals surface area contributed by atoms with Gasteiger partial charge in [-0.15, -0.1) is 0 Å². The number of hydrogen-bond donors (Lipinski definition) is 0. The smallest absolute Gasteiger partial charge is 0.251 e. The van der Waals surface area contributed by atoms with Crippen molar-refractivity contribution in [2.75, 3.05) is 51.4 Å². The predicted molar refractivity (Wildman–Crippen MR) is 151 cm³/mol. The van der Waals surface area contributed by atoms with Gasteiger partial charge in [-0.05, 0) is 48.9 Å². The number of likely N-dealkylation sites (tertiary alicyclic amines) is 1. The van der Waals surface area contributed by atoms with E-state index in [-0.39, 0.29) is 12.0 Å². The number of anilines is 1. The maximum atomic E-state index is 12.4. The normalized spacial score (nSPS) is 16.8. The Morgan fingerprint density at radius 1 is 1.10 bits per heavy atom. The van der Waals surface area contributed by atoms with Gasteiger partial charge in [0.1, 0.15) is 29.9 Å². The molecule has 5 rings (SSSR count). The number of morpholine rings is 1. The number of nitriles is 1. The van der Waals surface area contributed by atoms with E-state index in [1.54, 1.807) is 20.2 Å². The highest BCUT2D eigenvalue weighted by molar-refractivity contribution is 5.80. The van der Waals surface area contributed by atoms with Crippen LogP contribution in [0.1, 0.15) is 36.7 Å². The summed E-state index contributed by atoms with van der Waals surface area (Å²) >= 11 is 0. The quantitative estimate of drug-likeness (QED) is 0.424. The third kappa shape index (κ3) is 6.58. The number of carbonyl (C=O) groups excluding carboxylic acids is 1. The van der Waals surface area contributed by atoms with E-state index in [0.717, 1.165) is 48.9 Å². The number of carbonyl (C=O) groups is 1. The lowest BCUT2D eigenvalue weighted by Gasteiger charge is -2.33. The topological polar surface area (TPSA) is 101 Å². The van der Waals surface area contributed by atoms with E-state index < -0.39 is 6.10 Å². The molecule has 0 N–H and O–H groups in total. The Kier molecular flexibility index (Phi) is 8.89. The summed E-state index contributed by atoms with van der Waals surface area (Å²) in [6, 6.07) is 18.2. The zero-order chi connectivity index (χ0) is 27.9. The minimum Gasteiger partial charge on any atom is -0.489 e. The van der Waals surface area contributed by atoms with E-state index >= 15 is 0 Å². The second-order valence-corrected chi connectivity index (χ2v) is 10.1. The molecule has 0 unspecified atom stereocenters. The Morgan fingerprint density at radius 3 is 2.55 bits per heavy atom. The van der Waals surface area contributed by atoms with E-state index in [0.29, 0.717) is 43.7 Å². The van der Waals surface area contributed by atoms with Crippen LogP contribution in [0.4, 0.5) is 5.69 Å². The van der Waals surface area contributed by atoms with Crippen molar-refractivity contribution in [3.63, 3.8) is 0 Å². The van der Waals surface area contributed by atoms with Crippen molar-refractivity contribution in [1.29, 1.82) is 5.26 Å². The summed E-state index contributed by atoms with van der Waals surface area (Å²) < 4.78 is 16.8. The van der Waals surface area contributed by atoms with Crippen LogP contribution in [0.25, 0.3) is 11.3 Å². The highest BCUT2D eigenvalue weighted by Crippen LogP contribution is 2.28. The number of aromatic nitrogens is 2. The lowest BCUT2D eigenvalue weighted by atomic mass is 10.0. The Balaban J connectivity index is 1.22. The summed E-state index contributed by atoms with van der Waals surface area (Å²) in [4.78, 5) is 25.8. The van der Waals surface area contributed by atoms with Crippen molar-refractivity contribution < 1.29 is 19.0 Å². The van der Waals surface area contributed by atoms with Crippen LogP contribution in [0.5, 0.6) is 5.75 Å². The first-order valence-electron chi connectivity index (χ1n) is 13.8. The lowest BCUT2D eigenvalue weighted by molar-refractivity contribution is -0.142. The van der Waals surface area contributed by atoms with Gasteiger partial charge in [-0.25, -0.2) is 9.97 Å². The van der Waals surface area contributed by atoms with Crippen molar-refractivity contribution in [1.82, 2.24) is 14.9 Å². The Bertz CT molecular complexity index is 1340. The molecule has 208 valence electrons. The molecule has 3 aromatic rings. The zero-order valence-corrected chi connectivity index (χ0v) is 23.1. The minimum absolute atomic E-state index is 0.00256. The van der Waals surface area contributed by atoms with Crippen molar-refractivity contribution in [3.8, 4) is 23.1 Å². The summed E-state index contributed by atoms with van der Waals surface area (Å²) in [6.07, 6.45) is 3.29. The van der Waals surface area contributed by atoms with E-state index in [1.807, 2.05) is 29.2 Å². The van der Waals surface area contributed by atoms with Gasteiger partial charge in [-0.1, -0.05) is 12.1 Å². The molecule has 2 aliphatic heterocycles. The van der Waals surface area contributed by atoms with Gasteiger partial charge in [0, 0.05) is 70.0 Å². The molecule has 2 saturated heterocycles. The van der Waals surface area contributed by atoms with Crippen LogP contribution < -0.4 is 9.64 Å². The summed E-state index contributed by atoms with van der Waals surface area (Å²) in [5.74, 6) is 1.27. The molecule has 3 heterocycles. The molecule has 1 amide bonds. The number of nitrogens with zero attached hydrogens (tertiary/aromatic N) is 5. The molecule has 0 saturated carbocycles. The fourth-order valence-electron chi connectivity index (χ4n) is 5.08. The molecular weight excluding hydrogens is 506 g/mol. The van der Waals surface area contributed by atoms with Crippen molar-refractivity contribution in [3.05, 3.63) is 71.7 Å². The average molecular weight is 542 g/mol. The van der Waals surface area contributed by atoms with Crippen LogP contribution >= 0.6 is 0 Å². The summed E-state index contributed by atoms with van der Waals surface area (Å²) in [5, 5.41) is 9.85. The van der Waals surface area contributed by atoms with Gasteiger partial charge in [-0.2, -0.15) is 5.26 Å². The second-order valence-electron chi connectivity index (χ2n) is 10.1. The third-order valence-electron chi connectivity index (χ3n) is 7.52. The third-order valence-corrected chi connectivity index (χ3v) is 7.52. The van der Waals surface area contributed by atoms with Gasteiger partial charge < -0.3 is 24.0 Å². The van der Waals surface area contributed by atoms with Crippen LogP contribution in [-0.4, -0.2) is 79.5 Å². The first-order valence-corrected chi connectivity index (χ1v) is 13.8. The van der Waals surface area contributed by atoms with E-state index in [9.17, 15) is 10.1 Å². The van der Waals surface area contributed by atoms with E-state index in [4.69, 9.17) is 19.2 Å². The first-order chi connectivity index (χ1) is 19.5. The summed E-state index contributed by atoms with van der Waals surface area (Å²) in [7, 11) is 1.54. The fraction of sp³-hybridized carbons (Fsp3) is 0.419. The molecule has 40 heavy (non-hydrogen) atoms. The van der Waals surface area contributed by atoms with Crippen molar-refractivity contribution >= 4 is 11.6 Å². The SMILES string of the molecule is CO[C@@H](C)C(=O)N1CCC(Oc2ccc(-c3ccnc(Cc4ccc(N5CCOCC5)cc4)n3)cc2C#N)CC1. The lowest BCUT2D eigenvalue weighted by Crippen LogP contribution is -2.45.